The predicted octanol–water partition coefficient (Wildman–Crippen LogP) is 2.68. The molecule has 0 N–H and O–H groups in total. The molecule has 0 aromatic carbocycles. The Morgan fingerprint density at radius 3 is 2.00 bits per heavy atom. The molecule has 0 unspecified atom stereocenters. The fourth-order valence-corrected chi connectivity index (χ4v) is 0.454. The average molecular weight is 148 g/mol. The highest BCUT2D eigenvalue weighted by Gasteiger charge is 2.17. The van der Waals surface area contributed by atoms with Gasteiger partial charge < -0.3 is 0 Å². The molecule has 0 saturated carbocycles. The van der Waals surface area contributed by atoms with Gasteiger partial charge in [0.05, 0.1) is 4.20 Å². The zero-order valence-electron chi connectivity index (χ0n) is 5.56. The average Bonchev–Trinajstić information content (AvgIpc) is 1.67. The van der Waals surface area contributed by atoms with Gasteiger partial charge in [0.2, 0.25) is 0 Å². The van der Waals surface area contributed by atoms with Crippen molar-refractivity contribution in [2.24, 2.45) is 5.41 Å². The van der Waals surface area contributed by atoms with Crippen molar-refractivity contribution in [3.05, 3.63) is 0 Å². The highest BCUT2D eigenvalue weighted by Crippen LogP contribution is 2.23. The lowest BCUT2D eigenvalue weighted by atomic mass is 9.93. The summed E-state index contributed by atoms with van der Waals surface area (Å²) in [6, 6.07) is 0. The quantitative estimate of drug-likeness (QED) is 0.464. The van der Waals surface area contributed by atoms with Crippen LogP contribution in [0, 0.1) is 5.41 Å². The normalized spacial score (nSPS) is 11.5. The third kappa shape index (κ3) is 2.14. The fourth-order valence-electron chi connectivity index (χ4n) is 0.151. The van der Waals surface area contributed by atoms with Gasteiger partial charge in [0.15, 0.2) is 0 Å². The molecule has 0 aromatic rings. The van der Waals surface area contributed by atoms with Crippen molar-refractivity contribution in [3.8, 4) is 0 Å². The van der Waals surface area contributed by atoms with E-state index in [2.05, 4.69) is 33.4 Å². The van der Waals surface area contributed by atoms with Crippen molar-refractivity contribution < 1.29 is 0 Å². The number of thiocarbonyl (C=S) groups is 1. The third-order valence-corrected chi connectivity index (χ3v) is 2.62. The lowest BCUT2D eigenvalue weighted by Crippen LogP contribution is -2.15. The van der Waals surface area contributed by atoms with Crippen molar-refractivity contribution in [3.63, 3.8) is 0 Å². The summed E-state index contributed by atoms with van der Waals surface area (Å²) in [5, 5.41) is 0. The van der Waals surface area contributed by atoms with Crippen LogP contribution >= 0.6 is 24.8 Å². The molecule has 2 heteroatoms. The van der Waals surface area contributed by atoms with Crippen molar-refractivity contribution in [1.29, 1.82) is 0 Å². The van der Waals surface area contributed by atoms with Gasteiger partial charge in [0.25, 0.3) is 0 Å². The first kappa shape index (κ1) is 8.44. The molecule has 48 valence electrons. The second kappa shape index (κ2) is 2.83. The third-order valence-electron chi connectivity index (χ3n) is 1.46. The van der Waals surface area contributed by atoms with Gasteiger partial charge in [-0.3, -0.25) is 0 Å². The van der Waals surface area contributed by atoms with Crippen LogP contribution in [0.25, 0.3) is 0 Å². The molecule has 0 rings (SSSR count). The van der Waals surface area contributed by atoms with Gasteiger partial charge in [-0.2, -0.15) is 0 Å². The maximum absolute atomic E-state index is 4.89. The van der Waals surface area contributed by atoms with Crippen molar-refractivity contribution in [2.45, 2.75) is 27.2 Å². The van der Waals surface area contributed by atoms with Gasteiger partial charge in [-0.1, -0.05) is 33.0 Å². The van der Waals surface area contributed by atoms with Gasteiger partial charge in [-0.15, -0.1) is 12.6 Å². The molecule has 0 radical (unpaired) electrons. The summed E-state index contributed by atoms with van der Waals surface area (Å²) in [6.45, 7) is 6.31. The fraction of sp³-hybridized carbons (Fsp3) is 0.833. The van der Waals surface area contributed by atoms with Gasteiger partial charge >= 0.3 is 0 Å². The molecule has 0 aliphatic carbocycles. The molecule has 0 saturated heterocycles. The summed E-state index contributed by atoms with van der Waals surface area (Å²) >= 11 is 8.99. The Morgan fingerprint density at radius 2 is 2.00 bits per heavy atom. The molecule has 0 fully saturated rings. The molecule has 0 aromatic heterocycles. The Kier molecular flexibility index (Phi) is 2.99. The SMILES string of the molecule is CCC(C)(C)C(=S)S. The van der Waals surface area contributed by atoms with E-state index in [9.17, 15) is 0 Å². The van der Waals surface area contributed by atoms with Gasteiger partial charge in [-0.25, -0.2) is 0 Å². The second-order valence-corrected chi connectivity index (χ2v) is 3.70. The highest BCUT2D eigenvalue weighted by molar-refractivity contribution is 8.11. The van der Waals surface area contributed by atoms with Gasteiger partial charge in [0.1, 0.15) is 0 Å². The van der Waals surface area contributed by atoms with E-state index in [4.69, 9.17) is 12.2 Å². The van der Waals surface area contributed by atoms with Crippen LogP contribution in [0.5, 0.6) is 0 Å². The lowest BCUT2D eigenvalue weighted by Gasteiger charge is -2.19. The van der Waals surface area contributed by atoms with E-state index < -0.39 is 0 Å². The molecule has 0 nitrogen and oxygen atoms in total. The summed E-state index contributed by atoms with van der Waals surface area (Å²) in [4.78, 5) is 0. The van der Waals surface area contributed by atoms with Crippen molar-refractivity contribution in [1.82, 2.24) is 0 Å². The smallest absolute Gasteiger partial charge is 0.0504 e. The Balaban J connectivity index is 3.91. The Hall–Kier alpha value is 0.440. The molecular weight excluding hydrogens is 136 g/mol. The molecule has 0 aliphatic rings. The summed E-state index contributed by atoms with van der Waals surface area (Å²) in [5.41, 5.74) is 0.137. The standard InChI is InChI=1S/C6H12S2/c1-4-6(2,3)5(7)8/h4H2,1-3H3,(H,7,8). The monoisotopic (exact) mass is 148 g/mol. The first-order valence-corrected chi connectivity index (χ1v) is 3.59. The highest BCUT2D eigenvalue weighted by atomic mass is 32.1. The van der Waals surface area contributed by atoms with Crippen LogP contribution < -0.4 is 0 Å². The molecular formula is C6H12S2. The molecule has 0 amide bonds. The Bertz CT molecular complexity index is 94.7. The van der Waals surface area contributed by atoms with E-state index in [1.807, 2.05) is 0 Å². The minimum Gasteiger partial charge on any atom is -0.136 e. The minimum atomic E-state index is 0.137. The lowest BCUT2D eigenvalue weighted by molar-refractivity contribution is 0.518. The molecule has 0 aliphatic heterocycles. The van der Waals surface area contributed by atoms with E-state index in [-0.39, 0.29) is 5.41 Å². The zero-order valence-corrected chi connectivity index (χ0v) is 7.27. The van der Waals surface area contributed by atoms with E-state index in [1.54, 1.807) is 0 Å². The molecule has 0 heterocycles. The Morgan fingerprint density at radius 1 is 1.62 bits per heavy atom. The van der Waals surface area contributed by atoms with Crippen LogP contribution in [0.3, 0.4) is 0 Å². The van der Waals surface area contributed by atoms with Gasteiger partial charge in [0, 0.05) is 5.41 Å². The predicted molar refractivity (Wildman–Crippen MR) is 45.7 cm³/mol. The number of hydrogen-bond acceptors (Lipinski definition) is 1. The zero-order chi connectivity index (χ0) is 6.78. The topological polar surface area (TPSA) is 0 Å². The molecule has 8 heavy (non-hydrogen) atoms. The van der Waals surface area contributed by atoms with Crippen LogP contribution in [0.4, 0.5) is 0 Å². The number of rotatable bonds is 2. The van der Waals surface area contributed by atoms with Crippen molar-refractivity contribution in [2.75, 3.05) is 0 Å². The van der Waals surface area contributed by atoms with Crippen LogP contribution in [0.1, 0.15) is 27.2 Å². The van der Waals surface area contributed by atoms with Crippen LogP contribution in [-0.4, -0.2) is 4.20 Å². The van der Waals surface area contributed by atoms with Crippen molar-refractivity contribution >= 4 is 29.0 Å². The van der Waals surface area contributed by atoms with Crippen LogP contribution in [0.15, 0.2) is 0 Å². The summed E-state index contributed by atoms with van der Waals surface area (Å²) in [7, 11) is 0. The first-order valence-electron chi connectivity index (χ1n) is 2.74. The largest absolute Gasteiger partial charge is 0.136 e. The maximum atomic E-state index is 4.89. The first-order chi connectivity index (χ1) is 3.50. The summed E-state index contributed by atoms with van der Waals surface area (Å²) in [6.07, 6.45) is 1.06. The molecule has 0 atom stereocenters. The summed E-state index contributed by atoms with van der Waals surface area (Å²) in [5.74, 6) is 0. The molecule has 0 spiro atoms. The number of hydrogen-bond donors (Lipinski definition) is 1. The van der Waals surface area contributed by atoms with E-state index >= 15 is 0 Å². The Labute approximate surface area is 62.1 Å². The van der Waals surface area contributed by atoms with E-state index in [1.165, 1.54) is 0 Å². The maximum Gasteiger partial charge on any atom is 0.0504 e. The van der Waals surface area contributed by atoms with Gasteiger partial charge in [-0.05, 0) is 6.42 Å². The second-order valence-electron chi connectivity index (χ2n) is 2.54. The summed E-state index contributed by atoms with van der Waals surface area (Å²) < 4.78 is 0.806. The van der Waals surface area contributed by atoms with Crippen LogP contribution in [0.2, 0.25) is 0 Å². The van der Waals surface area contributed by atoms with E-state index in [0.717, 1.165) is 10.6 Å². The number of thiol groups is 1. The molecule has 0 bridgehead atoms. The van der Waals surface area contributed by atoms with E-state index in [0.29, 0.717) is 0 Å². The minimum absolute atomic E-state index is 0.137. The van der Waals surface area contributed by atoms with Crippen LogP contribution in [-0.2, 0) is 0 Å².